The van der Waals surface area contributed by atoms with E-state index in [1.54, 1.807) is 0 Å². The molecule has 1 heterocycles. The highest BCUT2D eigenvalue weighted by atomic mass is 79.9. The highest BCUT2D eigenvalue weighted by molar-refractivity contribution is 9.10. The maximum Gasteiger partial charge on any atom is 0.226 e. The number of nitrogens with zero attached hydrogens (tertiary/aromatic N) is 1. The second kappa shape index (κ2) is 9.94. The fraction of sp³-hybridized carbons (Fsp3) is 0.304. The maximum absolute atomic E-state index is 12.2. The van der Waals surface area contributed by atoms with Gasteiger partial charge in [-0.05, 0) is 51.5 Å². The summed E-state index contributed by atoms with van der Waals surface area (Å²) in [5, 5.41) is 5.94. The zero-order valence-corrected chi connectivity index (χ0v) is 20.3. The molecule has 0 saturated heterocycles. The number of rotatable bonds is 7. The number of thiazole rings is 1. The minimum atomic E-state index is -0.0826. The van der Waals surface area contributed by atoms with Gasteiger partial charge in [0.25, 0.3) is 0 Å². The van der Waals surface area contributed by atoms with E-state index in [1.807, 2.05) is 35.7 Å². The van der Waals surface area contributed by atoms with Crippen molar-refractivity contribution < 1.29 is 9.53 Å². The zero-order valence-electron chi connectivity index (χ0n) is 17.2. The topological polar surface area (TPSA) is 51.2 Å². The predicted molar refractivity (Wildman–Crippen MR) is 129 cm³/mol. The van der Waals surface area contributed by atoms with Crippen LogP contribution in [0.4, 0.5) is 5.13 Å². The second-order valence-corrected chi connectivity index (χ2v) is 10.0. The molecule has 0 aliphatic carbocycles. The largest absolute Gasteiger partial charge is 0.492 e. The van der Waals surface area contributed by atoms with Gasteiger partial charge in [0.15, 0.2) is 5.13 Å². The van der Waals surface area contributed by atoms with Crippen molar-refractivity contribution in [2.24, 2.45) is 0 Å². The molecule has 0 unspecified atom stereocenters. The van der Waals surface area contributed by atoms with E-state index >= 15 is 0 Å². The van der Waals surface area contributed by atoms with Crippen LogP contribution < -0.4 is 10.1 Å². The molecule has 0 aliphatic heterocycles. The Balaban J connectivity index is 1.46. The summed E-state index contributed by atoms with van der Waals surface area (Å²) >= 11 is 11.2. The smallest absolute Gasteiger partial charge is 0.226 e. The lowest BCUT2D eigenvalue weighted by Crippen LogP contribution is -2.13. The molecule has 0 spiro atoms. The summed E-state index contributed by atoms with van der Waals surface area (Å²) in [6.07, 6.45) is 0.973. The van der Waals surface area contributed by atoms with Crippen molar-refractivity contribution >= 4 is 49.9 Å². The molecule has 2 aromatic carbocycles. The van der Waals surface area contributed by atoms with Crippen molar-refractivity contribution in [3.8, 4) is 17.0 Å². The number of anilines is 1. The molecule has 0 saturated carbocycles. The van der Waals surface area contributed by atoms with Gasteiger partial charge in [-0.15, -0.1) is 11.3 Å². The van der Waals surface area contributed by atoms with Crippen molar-refractivity contribution in [1.29, 1.82) is 0 Å². The van der Waals surface area contributed by atoms with Gasteiger partial charge in [-0.2, -0.15) is 0 Å². The lowest BCUT2D eigenvalue weighted by molar-refractivity contribution is -0.116. The fourth-order valence-corrected chi connectivity index (χ4v) is 4.26. The number of nitrogens with one attached hydrogen (secondary N) is 1. The van der Waals surface area contributed by atoms with Crippen molar-refractivity contribution in [3.63, 3.8) is 0 Å². The van der Waals surface area contributed by atoms with Crippen LogP contribution in [0.2, 0.25) is 5.02 Å². The summed E-state index contributed by atoms with van der Waals surface area (Å²) < 4.78 is 6.75. The minimum Gasteiger partial charge on any atom is -0.492 e. The van der Waals surface area contributed by atoms with E-state index in [1.165, 1.54) is 16.9 Å². The first-order valence-corrected chi connectivity index (χ1v) is 11.7. The first kappa shape index (κ1) is 22.8. The lowest BCUT2D eigenvalue weighted by atomic mass is 9.87. The Bertz CT molecular complexity index is 1030. The summed E-state index contributed by atoms with van der Waals surface area (Å²) in [6, 6.07) is 13.6. The number of halogens is 2. The molecular weight excluding hydrogens is 484 g/mol. The van der Waals surface area contributed by atoms with Gasteiger partial charge in [-0.3, -0.25) is 4.79 Å². The van der Waals surface area contributed by atoms with Crippen molar-refractivity contribution in [3.05, 3.63) is 62.9 Å². The van der Waals surface area contributed by atoms with Gasteiger partial charge >= 0.3 is 0 Å². The Morgan fingerprint density at radius 3 is 2.70 bits per heavy atom. The maximum atomic E-state index is 12.2. The molecule has 0 radical (unpaired) electrons. The summed E-state index contributed by atoms with van der Waals surface area (Å²) in [7, 11) is 0. The first-order chi connectivity index (χ1) is 14.2. The van der Waals surface area contributed by atoms with Crippen LogP contribution in [0.15, 0.2) is 52.3 Å². The van der Waals surface area contributed by atoms with E-state index in [9.17, 15) is 4.79 Å². The van der Waals surface area contributed by atoms with Gasteiger partial charge in [0.05, 0.1) is 16.8 Å². The standard InChI is InChI=1S/C23H24BrClN2O2S/c1-23(2,3)15-10-11-20(17(24)13-15)29-12-6-9-21(28)27-22-26-19(14-30-22)16-7-4-5-8-18(16)25/h4-5,7-8,10-11,13-14H,6,9,12H2,1-3H3,(H,26,27,28). The van der Waals surface area contributed by atoms with Crippen LogP contribution in [0.1, 0.15) is 39.2 Å². The molecule has 3 rings (SSSR count). The number of benzene rings is 2. The Morgan fingerprint density at radius 2 is 2.00 bits per heavy atom. The second-order valence-electron chi connectivity index (χ2n) is 7.91. The van der Waals surface area contributed by atoms with Crippen LogP contribution in [0.25, 0.3) is 11.3 Å². The highest BCUT2D eigenvalue weighted by Gasteiger charge is 2.15. The van der Waals surface area contributed by atoms with E-state index < -0.39 is 0 Å². The molecule has 0 aliphatic rings. The fourth-order valence-electron chi connectivity index (χ4n) is 2.80. The molecule has 1 aromatic heterocycles. The monoisotopic (exact) mass is 506 g/mol. The summed E-state index contributed by atoms with van der Waals surface area (Å²) in [5.41, 5.74) is 2.93. The van der Waals surface area contributed by atoms with Crippen LogP contribution in [0, 0.1) is 0 Å². The van der Waals surface area contributed by atoms with Crippen molar-refractivity contribution in [2.75, 3.05) is 11.9 Å². The van der Waals surface area contributed by atoms with E-state index in [4.69, 9.17) is 16.3 Å². The number of hydrogen-bond donors (Lipinski definition) is 1. The summed E-state index contributed by atoms with van der Waals surface area (Å²) in [6.45, 7) is 6.99. The van der Waals surface area contributed by atoms with Gasteiger partial charge in [0, 0.05) is 22.4 Å². The van der Waals surface area contributed by atoms with E-state index in [0.717, 1.165) is 21.5 Å². The average molecular weight is 508 g/mol. The third-order valence-electron chi connectivity index (χ3n) is 4.50. The molecule has 0 fully saturated rings. The normalized spacial score (nSPS) is 11.4. The van der Waals surface area contributed by atoms with E-state index in [2.05, 4.69) is 59.1 Å². The third kappa shape index (κ3) is 6.06. The Morgan fingerprint density at radius 1 is 1.23 bits per heavy atom. The molecule has 158 valence electrons. The Labute approximate surface area is 194 Å². The van der Waals surface area contributed by atoms with Gasteiger partial charge in [0.2, 0.25) is 5.91 Å². The van der Waals surface area contributed by atoms with Crippen LogP contribution in [-0.4, -0.2) is 17.5 Å². The van der Waals surface area contributed by atoms with Gasteiger partial charge < -0.3 is 10.1 Å². The predicted octanol–water partition coefficient (Wildman–Crippen LogP) is 7.32. The SMILES string of the molecule is CC(C)(C)c1ccc(OCCCC(=O)Nc2nc(-c3ccccc3Cl)cs2)c(Br)c1. The summed E-state index contributed by atoms with van der Waals surface area (Å²) in [5.74, 6) is 0.702. The number of ether oxygens (including phenoxy) is 1. The van der Waals surface area contributed by atoms with Crippen molar-refractivity contribution in [2.45, 2.75) is 39.0 Å². The first-order valence-electron chi connectivity index (χ1n) is 9.67. The molecule has 30 heavy (non-hydrogen) atoms. The number of carbonyl (C=O) groups excluding carboxylic acids is 1. The lowest BCUT2D eigenvalue weighted by Gasteiger charge is -2.20. The Kier molecular flexibility index (Phi) is 7.55. The molecular formula is C23H24BrClN2O2S. The zero-order chi connectivity index (χ0) is 21.7. The molecule has 4 nitrogen and oxygen atoms in total. The molecule has 1 amide bonds. The molecule has 7 heteroatoms. The quantitative estimate of drug-likeness (QED) is 0.341. The van der Waals surface area contributed by atoms with Crippen LogP contribution >= 0.6 is 38.9 Å². The van der Waals surface area contributed by atoms with Crippen molar-refractivity contribution in [1.82, 2.24) is 4.98 Å². The van der Waals surface area contributed by atoms with Crippen LogP contribution in [0.5, 0.6) is 5.75 Å². The van der Waals surface area contributed by atoms with Gasteiger partial charge in [-0.25, -0.2) is 4.98 Å². The molecule has 1 N–H and O–H groups in total. The van der Waals surface area contributed by atoms with E-state index in [-0.39, 0.29) is 11.3 Å². The van der Waals surface area contributed by atoms with E-state index in [0.29, 0.717) is 29.6 Å². The number of hydrogen-bond acceptors (Lipinski definition) is 4. The van der Waals surface area contributed by atoms with Crippen LogP contribution in [-0.2, 0) is 10.2 Å². The molecule has 0 bridgehead atoms. The molecule has 0 atom stereocenters. The summed E-state index contributed by atoms with van der Waals surface area (Å²) in [4.78, 5) is 16.7. The Hall–Kier alpha value is -1.89. The third-order valence-corrected chi connectivity index (χ3v) is 6.21. The number of carbonyl (C=O) groups is 1. The van der Waals surface area contributed by atoms with Crippen LogP contribution in [0.3, 0.4) is 0 Å². The number of amides is 1. The number of aromatic nitrogens is 1. The minimum absolute atomic E-state index is 0.0826. The van der Waals surface area contributed by atoms with Gasteiger partial charge in [-0.1, -0.05) is 56.6 Å². The molecule has 3 aromatic rings. The average Bonchev–Trinajstić information content (AvgIpc) is 3.14. The highest BCUT2D eigenvalue weighted by Crippen LogP contribution is 2.32. The van der Waals surface area contributed by atoms with Gasteiger partial charge in [0.1, 0.15) is 5.75 Å².